The second-order valence-corrected chi connectivity index (χ2v) is 5.66. The summed E-state index contributed by atoms with van der Waals surface area (Å²) in [6.45, 7) is 0.295. The molecule has 26 heavy (non-hydrogen) atoms. The summed E-state index contributed by atoms with van der Waals surface area (Å²) in [4.78, 5) is 29.1. The zero-order chi connectivity index (χ0) is 18.5. The molecule has 0 radical (unpaired) electrons. The van der Waals surface area contributed by atoms with Gasteiger partial charge in [-0.05, 0) is 11.6 Å². The molecule has 1 amide bonds. The number of hydrogen-bond acceptors (Lipinski definition) is 5. The molecule has 7 nitrogen and oxygen atoms in total. The molecule has 3 aromatic rings. The Morgan fingerprint density at radius 3 is 2.50 bits per heavy atom. The highest BCUT2D eigenvalue weighted by atomic mass is 16.5. The van der Waals surface area contributed by atoms with E-state index in [2.05, 4.69) is 10.3 Å². The molecule has 0 atom stereocenters. The molecule has 134 valence electrons. The number of amides is 1. The summed E-state index contributed by atoms with van der Waals surface area (Å²) in [7, 11) is 3.01. The standard InChI is InChI=1S/C19H19N3O4/c1-25-16-8-14-15(9-17(16)26-2)21-12-22(19(14)24)11-18(23)20-10-13-6-4-3-5-7-13/h3-9,12H,10-11H2,1-2H3,(H,20,23). The number of carbonyl (C=O) groups excluding carboxylic acids is 1. The molecule has 3 rings (SSSR count). The Morgan fingerprint density at radius 2 is 1.81 bits per heavy atom. The van der Waals surface area contributed by atoms with Crippen molar-refractivity contribution in [1.82, 2.24) is 14.9 Å². The molecule has 0 aliphatic carbocycles. The van der Waals surface area contributed by atoms with Gasteiger partial charge in [0.2, 0.25) is 5.91 Å². The van der Waals surface area contributed by atoms with Crippen molar-refractivity contribution in [3.63, 3.8) is 0 Å². The summed E-state index contributed by atoms with van der Waals surface area (Å²) in [6, 6.07) is 12.8. The van der Waals surface area contributed by atoms with E-state index in [1.807, 2.05) is 30.3 Å². The van der Waals surface area contributed by atoms with Gasteiger partial charge in [-0.25, -0.2) is 4.98 Å². The number of nitrogens with one attached hydrogen (secondary N) is 1. The lowest BCUT2D eigenvalue weighted by Gasteiger charge is -2.11. The molecule has 0 saturated carbocycles. The first kappa shape index (κ1) is 17.5. The molecule has 0 saturated heterocycles. The Hall–Kier alpha value is -3.35. The lowest BCUT2D eigenvalue weighted by Crippen LogP contribution is -2.32. The Kier molecular flexibility index (Phi) is 5.17. The van der Waals surface area contributed by atoms with Crippen LogP contribution in [0.15, 0.2) is 53.6 Å². The molecule has 0 aliphatic rings. The predicted molar refractivity (Wildman–Crippen MR) is 97.4 cm³/mol. The zero-order valence-electron chi connectivity index (χ0n) is 14.6. The minimum absolute atomic E-state index is 0.108. The van der Waals surface area contributed by atoms with E-state index in [4.69, 9.17) is 9.47 Å². The highest BCUT2D eigenvalue weighted by molar-refractivity contribution is 5.82. The van der Waals surface area contributed by atoms with Crippen LogP contribution in [-0.4, -0.2) is 29.7 Å². The molecule has 1 N–H and O–H groups in total. The molecule has 0 bridgehead atoms. The van der Waals surface area contributed by atoms with Gasteiger partial charge in [-0.2, -0.15) is 0 Å². The van der Waals surface area contributed by atoms with Crippen LogP contribution in [-0.2, 0) is 17.9 Å². The van der Waals surface area contributed by atoms with Crippen molar-refractivity contribution in [1.29, 1.82) is 0 Å². The minimum atomic E-state index is -0.314. The van der Waals surface area contributed by atoms with Gasteiger partial charge < -0.3 is 14.8 Å². The second-order valence-electron chi connectivity index (χ2n) is 5.66. The number of fused-ring (bicyclic) bond motifs is 1. The van der Waals surface area contributed by atoms with Crippen LogP contribution in [0.3, 0.4) is 0 Å². The van der Waals surface area contributed by atoms with Gasteiger partial charge in [0.15, 0.2) is 11.5 Å². The third-order valence-electron chi connectivity index (χ3n) is 3.98. The molecule has 7 heteroatoms. The molecule has 0 unspecified atom stereocenters. The summed E-state index contributed by atoms with van der Waals surface area (Å²) in [5.74, 6) is 0.660. The molecule has 2 aromatic carbocycles. The average molecular weight is 353 g/mol. The Balaban J connectivity index is 1.80. The number of rotatable bonds is 6. The Bertz CT molecular complexity index is 983. The summed E-state index contributed by atoms with van der Waals surface area (Å²) in [6.07, 6.45) is 1.36. The smallest absolute Gasteiger partial charge is 0.261 e. The van der Waals surface area contributed by atoms with E-state index in [0.29, 0.717) is 28.9 Å². The first-order chi connectivity index (χ1) is 12.6. The maximum atomic E-state index is 12.7. The summed E-state index contributed by atoms with van der Waals surface area (Å²) in [5, 5.41) is 3.15. The number of nitrogens with zero attached hydrogens (tertiary/aromatic N) is 2. The fourth-order valence-corrected chi connectivity index (χ4v) is 2.61. The van der Waals surface area contributed by atoms with Crippen LogP contribution in [0, 0.1) is 0 Å². The van der Waals surface area contributed by atoms with Crippen LogP contribution in [0.5, 0.6) is 11.5 Å². The van der Waals surface area contributed by atoms with E-state index >= 15 is 0 Å². The van der Waals surface area contributed by atoms with Crippen molar-refractivity contribution in [2.75, 3.05) is 14.2 Å². The molecule has 0 aliphatic heterocycles. The van der Waals surface area contributed by atoms with Gasteiger partial charge in [0.25, 0.3) is 5.56 Å². The van der Waals surface area contributed by atoms with Gasteiger partial charge >= 0.3 is 0 Å². The molecular weight excluding hydrogens is 334 g/mol. The van der Waals surface area contributed by atoms with Crippen LogP contribution < -0.4 is 20.3 Å². The molecule has 0 fully saturated rings. The summed E-state index contributed by atoms with van der Waals surface area (Å²) < 4.78 is 11.7. The van der Waals surface area contributed by atoms with E-state index in [1.165, 1.54) is 25.1 Å². The fraction of sp³-hybridized carbons (Fsp3) is 0.211. The highest BCUT2D eigenvalue weighted by Gasteiger charge is 2.12. The maximum Gasteiger partial charge on any atom is 0.261 e. The van der Waals surface area contributed by atoms with Gasteiger partial charge in [-0.3, -0.25) is 14.2 Å². The van der Waals surface area contributed by atoms with Crippen LogP contribution in [0.4, 0.5) is 0 Å². The topological polar surface area (TPSA) is 82.5 Å². The van der Waals surface area contributed by atoms with Crippen LogP contribution >= 0.6 is 0 Å². The van der Waals surface area contributed by atoms with Crippen LogP contribution in [0.25, 0.3) is 10.9 Å². The van der Waals surface area contributed by atoms with Crippen molar-refractivity contribution in [3.05, 3.63) is 64.7 Å². The first-order valence-corrected chi connectivity index (χ1v) is 8.04. The van der Waals surface area contributed by atoms with E-state index in [1.54, 1.807) is 12.1 Å². The fourth-order valence-electron chi connectivity index (χ4n) is 2.61. The Labute approximate surface area is 150 Å². The number of carbonyl (C=O) groups is 1. The lowest BCUT2D eigenvalue weighted by atomic mass is 10.2. The third-order valence-corrected chi connectivity index (χ3v) is 3.98. The first-order valence-electron chi connectivity index (χ1n) is 8.04. The summed E-state index contributed by atoms with van der Waals surface area (Å²) >= 11 is 0. The van der Waals surface area contributed by atoms with E-state index < -0.39 is 0 Å². The van der Waals surface area contributed by atoms with Gasteiger partial charge in [-0.15, -0.1) is 0 Å². The lowest BCUT2D eigenvalue weighted by molar-refractivity contribution is -0.121. The van der Waals surface area contributed by atoms with E-state index in [9.17, 15) is 9.59 Å². The number of aromatic nitrogens is 2. The molecular formula is C19H19N3O4. The van der Waals surface area contributed by atoms with Crippen molar-refractivity contribution in [2.24, 2.45) is 0 Å². The highest BCUT2D eigenvalue weighted by Crippen LogP contribution is 2.29. The molecule has 0 spiro atoms. The van der Waals surface area contributed by atoms with E-state index in [0.717, 1.165) is 5.56 Å². The monoisotopic (exact) mass is 353 g/mol. The number of methoxy groups -OCH3 is 2. The van der Waals surface area contributed by atoms with Crippen molar-refractivity contribution in [3.8, 4) is 11.5 Å². The molecule has 1 heterocycles. The average Bonchev–Trinajstić information content (AvgIpc) is 2.68. The van der Waals surface area contributed by atoms with Gasteiger partial charge in [0, 0.05) is 12.6 Å². The number of ether oxygens (including phenoxy) is 2. The second kappa shape index (κ2) is 7.69. The number of hydrogen-bond donors (Lipinski definition) is 1. The largest absolute Gasteiger partial charge is 0.493 e. The van der Waals surface area contributed by atoms with Crippen molar-refractivity contribution < 1.29 is 14.3 Å². The van der Waals surface area contributed by atoms with Crippen molar-refractivity contribution in [2.45, 2.75) is 13.1 Å². The third kappa shape index (κ3) is 3.66. The SMILES string of the molecule is COc1cc2ncn(CC(=O)NCc3ccccc3)c(=O)c2cc1OC. The van der Waals surface area contributed by atoms with Gasteiger partial charge in [0.05, 0.1) is 31.4 Å². The Morgan fingerprint density at radius 1 is 1.12 bits per heavy atom. The quantitative estimate of drug-likeness (QED) is 0.730. The normalized spacial score (nSPS) is 10.5. The summed E-state index contributed by atoms with van der Waals surface area (Å²) in [5.41, 5.74) is 1.15. The maximum absolute atomic E-state index is 12.7. The molecule has 1 aromatic heterocycles. The minimum Gasteiger partial charge on any atom is -0.493 e. The van der Waals surface area contributed by atoms with Gasteiger partial charge in [-0.1, -0.05) is 30.3 Å². The van der Waals surface area contributed by atoms with Crippen LogP contribution in [0.2, 0.25) is 0 Å². The van der Waals surface area contributed by atoms with Gasteiger partial charge in [0.1, 0.15) is 6.54 Å². The van der Waals surface area contributed by atoms with E-state index in [-0.39, 0.29) is 18.0 Å². The number of benzene rings is 2. The van der Waals surface area contributed by atoms with Crippen LogP contribution in [0.1, 0.15) is 5.56 Å². The predicted octanol–water partition coefficient (Wildman–Crippen LogP) is 1.73. The zero-order valence-corrected chi connectivity index (χ0v) is 14.6. The van der Waals surface area contributed by atoms with Crippen molar-refractivity contribution >= 4 is 16.8 Å².